The monoisotopic (exact) mass is 305 g/mol. The number of aromatic amines is 1. The molecular formula is C15H19N3O2S. The van der Waals surface area contributed by atoms with Gasteiger partial charge in [-0.25, -0.2) is 0 Å². The van der Waals surface area contributed by atoms with Gasteiger partial charge in [0, 0.05) is 52.5 Å². The highest BCUT2D eigenvalue weighted by Gasteiger charge is 2.25. The van der Waals surface area contributed by atoms with Crippen LogP contribution in [0.2, 0.25) is 0 Å². The SMILES string of the molecule is NC(Cc1c[nH]c2ccccc12)C(=O)N1CCS(=O)CC1. The molecule has 0 spiro atoms. The van der Waals surface area contributed by atoms with Crippen LogP contribution in [0.15, 0.2) is 30.5 Å². The molecule has 1 aliphatic heterocycles. The van der Waals surface area contributed by atoms with Crippen LogP contribution >= 0.6 is 0 Å². The summed E-state index contributed by atoms with van der Waals surface area (Å²) in [5.41, 5.74) is 8.20. The van der Waals surface area contributed by atoms with Crippen molar-refractivity contribution in [3.63, 3.8) is 0 Å². The van der Waals surface area contributed by atoms with Gasteiger partial charge >= 0.3 is 0 Å². The van der Waals surface area contributed by atoms with E-state index in [0.29, 0.717) is 31.0 Å². The molecule has 112 valence electrons. The molecule has 6 heteroatoms. The summed E-state index contributed by atoms with van der Waals surface area (Å²) in [4.78, 5) is 17.3. The van der Waals surface area contributed by atoms with E-state index in [0.717, 1.165) is 16.5 Å². The van der Waals surface area contributed by atoms with Crippen LogP contribution in [0.5, 0.6) is 0 Å². The molecule has 1 aromatic carbocycles. The number of carbonyl (C=O) groups excluding carboxylic acids is 1. The molecule has 1 aromatic heterocycles. The van der Waals surface area contributed by atoms with E-state index < -0.39 is 16.8 Å². The quantitative estimate of drug-likeness (QED) is 0.873. The largest absolute Gasteiger partial charge is 0.361 e. The van der Waals surface area contributed by atoms with Crippen LogP contribution in [-0.4, -0.2) is 50.6 Å². The lowest BCUT2D eigenvalue weighted by Gasteiger charge is -2.28. The number of nitrogens with one attached hydrogen (secondary N) is 1. The molecule has 2 aromatic rings. The van der Waals surface area contributed by atoms with Crippen molar-refractivity contribution in [2.24, 2.45) is 5.73 Å². The van der Waals surface area contributed by atoms with Crippen LogP contribution in [0.25, 0.3) is 10.9 Å². The number of hydrogen-bond acceptors (Lipinski definition) is 3. The number of fused-ring (bicyclic) bond motifs is 1. The highest BCUT2D eigenvalue weighted by molar-refractivity contribution is 7.85. The van der Waals surface area contributed by atoms with Crippen LogP contribution in [0.3, 0.4) is 0 Å². The van der Waals surface area contributed by atoms with Crippen molar-refractivity contribution in [1.29, 1.82) is 0 Å². The Hall–Kier alpha value is -1.66. The number of H-pyrrole nitrogens is 1. The van der Waals surface area contributed by atoms with Crippen molar-refractivity contribution in [3.8, 4) is 0 Å². The Kier molecular flexibility index (Phi) is 4.07. The zero-order valence-corrected chi connectivity index (χ0v) is 12.6. The third-order valence-corrected chi connectivity index (χ3v) is 5.20. The molecule has 1 unspecified atom stereocenters. The number of hydrogen-bond donors (Lipinski definition) is 2. The minimum Gasteiger partial charge on any atom is -0.361 e. The molecule has 1 atom stereocenters. The van der Waals surface area contributed by atoms with Gasteiger partial charge in [-0.2, -0.15) is 0 Å². The highest BCUT2D eigenvalue weighted by atomic mass is 32.2. The van der Waals surface area contributed by atoms with Gasteiger partial charge in [0.05, 0.1) is 6.04 Å². The van der Waals surface area contributed by atoms with Crippen LogP contribution in [0.1, 0.15) is 5.56 Å². The standard InChI is InChI=1S/C15H19N3O2S/c16-13(15(19)18-5-7-21(20)8-6-18)9-11-10-17-14-4-2-1-3-12(11)14/h1-4,10,13,17H,5-9,16H2. The van der Waals surface area contributed by atoms with Gasteiger partial charge in [0.25, 0.3) is 0 Å². The molecule has 1 aliphatic rings. The molecule has 0 aliphatic carbocycles. The van der Waals surface area contributed by atoms with Gasteiger partial charge < -0.3 is 15.6 Å². The second kappa shape index (κ2) is 5.99. The fourth-order valence-electron chi connectivity index (χ4n) is 2.72. The molecule has 5 nitrogen and oxygen atoms in total. The summed E-state index contributed by atoms with van der Waals surface area (Å²) in [6, 6.07) is 7.44. The number of rotatable bonds is 3. The van der Waals surface area contributed by atoms with Crippen molar-refractivity contribution in [2.75, 3.05) is 24.6 Å². The van der Waals surface area contributed by atoms with Gasteiger partial charge in [0.15, 0.2) is 0 Å². The lowest BCUT2D eigenvalue weighted by molar-refractivity contribution is -0.132. The minimum absolute atomic E-state index is 0.0445. The molecule has 3 rings (SSSR count). The van der Waals surface area contributed by atoms with E-state index in [1.165, 1.54) is 0 Å². The number of nitrogens with two attached hydrogens (primary N) is 1. The van der Waals surface area contributed by atoms with Crippen molar-refractivity contribution < 1.29 is 9.00 Å². The summed E-state index contributed by atoms with van der Waals surface area (Å²) in [7, 11) is -0.780. The van der Waals surface area contributed by atoms with Crippen molar-refractivity contribution in [3.05, 3.63) is 36.0 Å². The van der Waals surface area contributed by atoms with Crippen LogP contribution < -0.4 is 5.73 Å². The van der Waals surface area contributed by atoms with Crippen molar-refractivity contribution >= 4 is 27.6 Å². The molecule has 1 saturated heterocycles. The number of amides is 1. The summed E-state index contributed by atoms with van der Waals surface area (Å²) in [5.74, 6) is 1.08. The molecule has 3 N–H and O–H groups in total. The molecule has 1 fully saturated rings. The summed E-state index contributed by atoms with van der Waals surface area (Å²) in [6.07, 6.45) is 2.44. The first-order chi connectivity index (χ1) is 10.1. The summed E-state index contributed by atoms with van der Waals surface area (Å²) in [6.45, 7) is 1.10. The van der Waals surface area contributed by atoms with Gasteiger partial charge in [-0.1, -0.05) is 18.2 Å². The maximum atomic E-state index is 12.4. The molecule has 21 heavy (non-hydrogen) atoms. The van der Waals surface area contributed by atoms with E-state index in [4.69, 9.17) is 5.73 Å². The zero-order chi connectivity index (χ0) is 14.8. The molecule has 0 radical (unpaired) electrons. The van der Waals surface area contributed by atoms with E-state index in [1.807, 2.05) is 30.5 Å². The van der Waals surface area contributed by atoms with Crippen LogP contribution in [0, 0.1) is 0 Å². The smallest absolute Gasteiger partial charge is 0.239 e. The first-order valence-electron chi connectivity index (χ1n) is 7.09. The van der Waals surface area contributed by atoms with E-state index in [2.05, 4.69) is 4.98 Å². The van der Waals surface area contributed by atoms with Gasteiger partial charge in [-0.3, -0.25) is 9.00 Å². The number of nitrogens with zero attached hydrogens (tertiary/aromatic N) is 1. The third kappa shape index (κ3) is 3.01. The fraction of sp³-hybridized carbons (Fsp3) is 0.400. The van der Waals surface area contributed by atoms with Gasteiger partial charge in [-0.05, 0) is 18.1 Å². The lowest BCUT2D eigenvalue weighted by Crippen LogP contribution is -2.49. The van der Waals surface area contributed by atoms with Crippen molar-refractivity contribution in [2.45, 2.75) is 12.5 Å². The second-order valence-electron chi connectivity index (χ2n) is 5.34. The first kappa shape index (κ1) is 14.3. The normalized spacial score (nSPS) is 18.0. The van der Waals surface area contributed by atoms with E-state index in [1.54, 1.807) is 4.90 Å². The lowest BCUT2D eigenvalue weighted by atomic mass is 10.0. The number of carbonyl (C=O) groups is 1. The Balaban J connectivity index is 1.69. The minimum atomic E-state index is -0.780. The molecule has 0 saturated carbocycles. The first-order valence-corrected chi connectivity index (χ1v) is 8.58. The Bertz CT molecular complexity index is 672. The maximum Gasteiger partial charge on any atom is 0.239 e. The highest BCUT2D eigenvalue weighted by Crippen LogP contribution is 2.19. The van der Waals surface area contributed by atoms with Gasteiger partial charge in [0.2, 0.25) is 5.91 Å². The Morgan fingerprint density at radius 3 is 2.81 bits per heavy atom. The Morgan fingerprint density at radius 1 is 1.33 bits per heavy atom. The zero-order valence-electron chi connectivity index (χ0n) is 11.7. The third-order valence-electron chi connectivity index (χ3n) is 3.92. The molecule has 0 bridgehead atoms. The predicted octanol–water partition coefficient (Wildman–Crippen LogP) is 0.629. The number of aromatic nitrogens is 1. The fourth-order valence-corrected chi connectivity index (χ4v) is 3.77. The van der Waals surface area contributed by atoms with Crippen LogP contribution in [0.4, 0.5) is 0 Å². The Labute approximate surface area is 126 Å². The predicted molar refractivity (Wildman–Crippen MR) is 84.4 cm³/mol. The average Bonchev–Trinajstić information content (AvgIpc) is 2.91. The number of para-hydroxylation sites is 1. The molecular weight excluding hydrogens is 286 g/mol. The summed E-state index contributed by atoms with van der Waals surface area (Å²) >= 11 is 0. The van der Waals surface area contributed by atoms with E-state index >= 15 is 0 Å². The summed E-state index contributed by atoms with van der Waals surface area (Å²) in [5, 5.41) is 1.11. The topological polar surface area (TPSA) is 79.2 Å². The van der Waals surface area contributed by atoms with Gasteiger partial charge in [0.1, 0.15) is 0 Å². The van der Waals surface area contributed by atoms with E-state index in [9.17, 15) is 9.00 Å². The Morgan fingerprint density at radius 2 is 2.05 bits per heavy atom. The maximum absolute atomic E-state index is 12.4. The van der Waals surface area contributed by atoms with E-state index in [-0.39, 0.29) is 5.91 Å². The summed E-state index contributed by atoms with van der Waals surface area (Å²) < 4.78 is 11.3. The van der Waals surface area contributed by atoms with Gasteiger partial charge in [-0.15, -0.1) is 0 Å². The molecule has 1 amide bonds. The average molecular weight is 305 g/mol. The number of benzene rings is 1. The molecule has 2 heterocycles. The van der Waals surface area contributed by atoms with Crippen LogP contribution in [-0.2, 0) is 22.0 Å². The second-order valence-corrected chi connectivity index (χ2v) is 7.04. The van der Waals surface area contributed by atoms with Crippen molar-refractivity contribution in [1.82, 2.24) is 9.88 Å².